The van der Waals surface area contributed by atoms with E-state index in [9.17, 15) is 23.3 Å². The predicted octanol–water partition coefficient (Wildman–Crippen LogP) is 5.90. The monoisotopic (exact) mass is 968 g/mol. The van der Waals surface area contributed by atoms with Gasteiger partial charge in [0.15, 0.2) is 0 Å². The van der Waals surface area contributed by atoms with Crippen molar-refractivity contribution in [2.75, 3.05) is 55.8 Å². The minimum Gasteiger partial charge on any atom is -0.493 e. The van der Waals surface area contributed by atoms with E-state index in [1.165, 1.54) is 47.3 Å². The third-order valence-corrected chi connectivity index (χ3v) is 12.3. The average Bonchev–Trinajstić information content (AvgIpc) is 4.07. The van der Waals surface area contributed by atoms with Crippen molar-refractivity contribution in [3.05, 3.63) is 113 Å². The highest BCUT2D eigenvalue weighted by atomic mass is 31.2. The third-order valence-electron chi connectivity index (χ3n) is 11.8. The molecule has 0 spiro atoms. The van der Waals surface area contributed by atoms with E-state index in [1.807, 2.05) is 55.5 Å². The molecule has 5 atom stereocenters. The average molecular weight is 969 g/mol. The van der Waals surface area contributed by atoms with E-state index in [0.29, 0.717) is 37.5 Å². The number of phosphoric acid groups is 1. The van der Waals surface area contributed by atoms with Crippen LogP contribution in [0, 0.1) is 17.6 Å². The van der Waals surface area contributed by atoms with Crippen LogP contribution in [0.15, 0.2) is 90.5 Å². The summed E-state index contributed by atoms with van der Waals surface area (Å²) in [6.45, 7) is 8.50. The predicted molar refractivity (Wildman–Crippen MR) is 240 cm³/mol. The SMILES string of the molecule is CC[C@@H](C(C)OC(=O)OC(C)OC(=O)CCCCOP(=O)(O)O)n1ncn(-c2ccc(N3CCN(c4ccc(OC[C@@H]5CO[C@@](Cn6cncn6)(c6ccc(F)cc6F)C5)cc4)CC3)cc2)c1=O. The van der Waals surface area contributed by atoms with E-state index < -0.39 is 61.3 Å². The lowest BCUT2D eigenvalue weighted by molar-refractivity contribution is -0.169. The molecule has 2 fully saturated rings. The number of piperazine rings is 1. The van der Waals surface area contributed by atoms with E-state index in [1.54, 1.807) is 11.6 Å². The molecule has 366 valence electrons. The summed E-state index contributed by atoms with van der Waals surface area (Å²) >= 11 is 0. The van der Waals surface area contributed by atoms with Crippen LogP contribution >= 0.6 is 7.82 Å². The minimum atomic E-state index is -4.58. The van der Waals surface area contributed by atoms with Gasteiger partial charge in [-0.1, -0.05) is 13.0 Å². The van der Waals surface area contributed by atoms with Crippen LogP contribution in [0.4, 0.5) is 25.0 Å². The molecule has 0 radical (unpaired) electrons. The van der Waals surface area contributed by atoms with Gasteiger partial charge in [0.05, 0.1) is 38.1 Å². The first-order valence-electron chi connectivity index (χ1n) is 22.3. The largest absolute Gasteiger partial charge is 0.511 e. The van der Waals surface area contributed by atoms with Crippen LogP contribution in [-0.4, -0.2) is 109 Å². The molecule has 2 unspecified atom stereocenters. The summed E-state index contributed by atoms with van der Waals surface area (Å²) in [5.41, 5.74) is 1.45. The number of halogens is 2. The van der Waals surface area contributed by atoms with Gasteiger partial charge in [-0.2, -0.15) is 10.2 Å². The highest BCUT2D eigenvalue weighted by Crippen LogP contribution is 2.42. The molecule has 7 rings (SSSR count). The van der Waals surface area contributed by atoms with E-state index in [0.717, 1.165) is 43.6 Å². The Hall–Kier alpha value is -6.19. The number of aromatic nitrogens is 6. The molecular weight excluding hydrogens is 914 g/mol. The number of ether oxygens (including phenoxy) is 5. The fourth-order valence-electron chi connectivity index (χ4n) is 8.44. The van der Waals surface area contributed by atoms with Gasteiger partial charge in [-0.05, 0) is 87.2 Å². The number of rotatable bonds is 21. The highest BCUT2D eigenvalue weighted by Gasteiger charge is 2.45. The Kier molecular flexibility index (Phi) is 16.3. The molecule has 0 saturated carbocycles. The Morgan fingerprint density at radius 2 is 1.57 bits per heavy atom. The first-order chi connectivity index (χ1) is 32.6. The number of benzene rings is 3. The van der Waals surface area contributed by atoms with Crippen LogP contribution in [0.1, 0.15) is 64.5 Å². The molecular formula is C45H55F2N8O12P. The maximum Gasteiger partial charge on any atom is 0.511 e. The first kappa shape index (κ1) is 49.7. The van der Waals surface area contributed by atoms with Crippen LogP contribution < -0.4 is 20.2 Å². The van der Waals surface area contributed by atoms with Gasteiger partial charge in [0.1, 0.15) is 48.1 Å². The number of unbranched alkanes of at least 4 members (excludes halogenated alkanes) is 1. The number of hydrogen-bond acceptors (Lipinski definition) is 15. The van der Waals surface area contributed by atoms with Crippen molar-refractivity contribution in [3.63, 3.8) is 0 Å². The summed E-state index contributed by atoms with van der Waals surface area (Å²) in [6.07, 6.45) is 2.29. The van der Waals surface area contributed by atoms with E-state index in [2.05, 4.69) is 29.5 Å². The Labute approximate surface area is 390 Å². The van der Waals surface area contributed by atoms with Crippen LogP contribution in [0.25, 0.3) is 5.69 Å². The molecule has 2 aliphatic heterocycles. The van der Waals surface area contributed by atoms with Gasteiger partial charge in [0.2, 0.25) is 6.29 Å². The normalized spacial score (nSPS) is 18.8. The second kappa shape index (κ2) is 22.3. The maximum atomic E-state index is 15.0. The van der Waals surface area contributed by atoms with Crippen molar-refractivity contribution in [1.29, 1.82) is 0 Å². The van der Waals surface area contributed by atoms with Gasteiger partial charge in [0, 0.05) is 68.4 Å². The topological polar surface area (TPSA) is 224 Å². The molecule has 0 amide bonds. The zero-order chi connectivity index (χ0) is 48.4. The third kappa shape index (κ3) is 12.9. The summed E-state index contributed by atoms with van der Waals surface area (Å²) in [4.78, 5) is 64.2. The molecule has 0 aliphatic carbocycles. The molecule has 20 nitrogen and oxygen atoms in total. The van der Waals surface area contributed by atoms with Crippen LogP contribution in [-0.2, 0) is 45.0 Å². The van der Waals surface area contributed by atoms with Crippen molar-refractivity contribution in [2.24, 2.45) is 5.92 Å². The molecule has 5 aromatic rings. The number of carbonyl (C=O) groups excluding carboxylic acids is 2. The maximum absolute atomic E-state index is 15.0. The molecule has 2 saturated heterocycles. The van der Waals surface area contributed by atoms with Crippen molar-refractivity contribution in [3.8, 4) is 11.4 Å². The molecule has 0 bridgehead atoms. The number of esters is 1. The van der Waals surface area contributed by atoms with Crippen molar-refractivity contribution < 1.29 is 60.9 Å². The van der Waals surface area contributed by atoms with Gasteiger partial charge < -0.3 is 43.3 Å². The lowest BCUT2D eigenvalue weighted by Crippen LogP contribution is -2.46. The Morgan fingerprint density at radius 3 is 2.21 bits per heavy atom. The van der Waals surface area contributed by atoms with Crippen molar-refractivity contribution >= 4 is 31.3 Å². The zero-order valence-corrected chi connectivity index (χ0v) is 38.7. The molecule has 2 aliphatic rings. The van der Waals surface area contributed by atoms with Gasteiger partial charge in [-0.3, -0.25) is 9.32 Å². The highest BCUT2D eigenvalue weighted by molar-refractivity contribution is 7.46. The number of anilines is 2. The molecule has 2 N–H and O–H groups in total. The second-order valence-electron chi connectivity index (χ2n) is 16.6. The lowest BCUT2D eigenvalue weighted by atomic mass is 9.87. The van der Waals surface area contributed by atoms with Crippen molar-refractivity contribution in [2.45, 2.75) is 83.5 Å². The van der Waals surface area contributed by atoms with E-state index >= 15 is 4.39 Å². The van der Waals surface area contributed by atoms with Crippen molar-refractivity contribution in [1.82, 2.24) is 29.1 Å². The lowest BCUT2D eigenvalue weighted by Gasteiger charge is -2.37. The fraction of sp³-hybridized carbons (Fsp3) is 0.467. The first-order valence-corrected chi connectivity index (χ1v) is 23.8. The van der Waals surface area contributed by atoms with Gasteiger partial charge in [-0.25, -0.2) is 41.8 Å². The van der Waals surface area contributed by atoms with E-state index in [-0.39, 0.29) is 43.9 Å². The number of nitrogens with zero attached hydrogens (tertiary/aromatic N) is 8. The molecule has 23 heteroatoms. The molecule has 68 heavy (non-hydrogen) atoms. The minimum absolute atomic E-state index is 0.0510. The Bertz CT molecular complexity index is 2550. The molecule has 3 aromatic carbocycles. The standard InChI is InChI=1S/C45H55F2N8O12P/c1-4-41(31(2)65-44(58)67-32(3)66-42(56)7-5-6-22-64-68(59,60)61)55-43(57)54(30-50-55)37-11-9-35(10-12-37)51-18-20-52(21-19-51)36-13-15-38(16-14-36)62-25-33-24-45(63-26-33,27-53-29-48-28-49-53)39-17-8-34(46)23-40(39)47/h8-17,23,28-33,41H,4-7,18-22,24-27H2,1-3H3,(H2,59,60,61)/t31?,32?,33-,41+,45+/m1/s1. The summed E-state index contributed by atoms with van der Waals surface area (Å²) in [7, 11) is -4.58. The van der Waals surface area contributed by atoms with Crippen LogP contribution in [0.3, 0.4) is 0 Å². The smallest absolute Gasteiger partial charge is 0.493 e. The zero-order valence-electron chi connectivity index (χ0n) is 37.8. The summed E-state index contributed by atoms with van der Waals surface area (Å²) in [5.74, 6) is -1.38. The molecule has 2 aromatic heterocycles. The summed E-state index contributed by atoms with van der Waals surface area (Å²) in [5, 5.41) is 8.50. The van der Waals surface area contributed by atoms with Crippen LogP contribution in [0.2, 0.25) is 0 Å². The van der Waals surface area contributed by atoms with Crippen LogP contribution in [0.5, 0.6) is 5.75 Å². The van der Waals surface area contributed by atoms with Gasteiger partial charge >= 0.3 is 25.6 Å². The Morgan fingerprint density at radius 1 is 0.897 bits per heavy atom. The van der Waals surface area contributed by atoms with Gasteiger partial charge in [0.25, 0.3) is 0 Å². The summed E-state index contributed by atoms with van der Waals surface area (Å²) in [6, 6.07) is 18.4. The number of carbonyl (C=O) groups is 2. The number of hydrogen-bond donors (Lipinski definition) is 2. The summed E-state index contributed by atoms with van der Waals surface area (Å²) < 4.78 is 76.1. The number of phosphoric ester groups is 1. The fourth-order valence-corrected chi connectivity index (χ4v) is 8.81. The Balaban J connectivity index is 0.855. The van der Waals surface area contributed by atoms with Gasteiger partial charge in [-0.15, -0.1) is 0 Å². The molecule has 4 heterocycles. The van der Waals surface area contributed by atoms with E-state index in [4.69, 9.17) is 33.5 Å². The quantitative estimate of drug-likeness (QED) is 0.0378. The second-order valence-corrected chi connectivity index (χ2v) is 17.9.